The number of aromatic nitrogens is 2. The first-order valence-electron chi connectivity index (χ1n) is 13.5. The highest BCUT2D eigenvalue weighted by atomic mass is 16.7. The molecule has 0 unspecified atom stereocenters. The number of carbonyl (C=O) groups excluding carboxylic acids is 2. The fourth-order valence-corrected chi connectivity index (χ4v) is 4.11. The fourth-order valence-electron chi connectivity index (χ4n) is 4.11. The maximum Gasteiger partial charge on any atom is 0.498 e. The summed E-state index contributed by atoms with van der Waals surface area (Å²) in [5, 5.41) is 4.76. The average Bonchev–Trinajstić information content (AvgIpc) is 3.43. The van der Waals surface area contributed by atoms with E-state index >= 15 is 0 Å². The van der Waals surface area contributed by atoms with Gasteiger partial charge in [-0.25, -0.2) is 9.59 Å². The van der Waals surface area contributed by atoms with Crippen LogP contribution in [0.1, 0.15) is 119 Å². The maximum atomic E-state index is 13.3. The summed E-state index contributed by atoms with van der Waals surface area (Å²) in [4.78, 5) is 28.2. The largest absolute Gasteiger partial charge is 0.498 e. The van der Waals surface area contributed by atoms with Crippen LogP contribution < -0.4 is 5.46 Å². The molecule has 0 bridgehead atoms. The molecule has 9 nitrogen and oxygen atoms in total. The van der Waals surface area contributed by atoms with Gasteiger partial charge >= 0.3 is 19.3 Å². The Morgan fingerprint density at radius 1 is 1.03 bits per heavy atom. The van der Waals surface area contributed by atoms with Crippen LogP contribution in [-0.2, 0) is 25.3 Å². The highest BCUT2D eigenvalue weighted by Gasteiger charge is 2.55. The van der Waals surface area contributed by atoms with Gasteiger partial charge in [0.25, 0.3) is 0 Å². The van der Waals surface area contributed by atoms with Crippen LogP contribution in [0.2, 0.25) is 0 Å². The average molecular weight is 519 g/mol. The van der Waals surface area contributed by atoms with E-state index in [1.165, 1.54) is 4.68 Å². The zero-order chi connectivity index (χ0) is 28.0. The molecule has 1 saturated carbocycles. The second-order valence-corrected chi connectivity index (χ2v) is 13.3. The third kappa shape index (κ3) is 7.08. The predicted octanol–water partition coefficient (Wildman–Crippen LogP) is 5.38. The second-order valence-electron chi connectivity index (χ2n) is 13.3. The Balaban J connectivity index is 2.10. The third-order valence-corrected chi connectivity index (χ3v) is 6.83. The molecule has 208 valence electrons. The summed E-state index contributed by atoms with van der Waals surface area (Å²) in [7, 11) is -0.724. The molecule has 1 amide bonds. The van der Waals surface area contributed by atoms with E-state index in [-0.39, 0.29) is 12.5 Å². The van der Waals surface area contributed by atoms with Gasteiger partial charge < -0.3 is 23.7 Å². The van der Waals surface area contributed by atoms with Crippen molar-refractivity contribution in [3.8, 4) is 0 Å². The monoisotopic (exact) mass is 519 g/mol. The first-order valence-corrected chi connectivity index (χ1v) is 13.5. The summed E-state index contributed by atoms with van der Waals surface area (Å²) >= 11 is 0. The van der Waals surface area contributed by atoms with Crippen molar-refractivity contribution in [3.63, 3.8) is 0 Å². The molecule has 0 N–H and O–H groups in total. The van der Waals surface area contributed by atoms with Crippen LogP contribution in [0.4, 0.5) is 9.59 Å². The van der Waals surface area contributed by atoms with Crippen molar-refractivity contribution in [1.82, 2.24) is 14.7 Å². The van der Waals surface area contributed by atoms with Crippen molar-refractivity contribution in [1.29, 1.82) is 0 Å². The highest BCUT2D eigenvalue weighted by Crippen LogP contribution is 2.42. The van der Waals surface area contributed by atoms with E-state index in [0.717, 1.165) is 36.8 Å². The Bertz CT molecular complexity index is 985. The lowest BCUT2D eigenvalue weighted by Crippen LogP contribution is -2.42. The topological polar surface area (TPSA) is 92.1 Å². The third-order valence-electron chi connectivity index (χ3n) is 6.83. The first-order chi connectivity index (χ1) is 16.9. The van der Waals surface area contributed by atoms with E-state index in [9.17, 15) is 9.59 Å². The van der Waals surface area contributed by atoms with Crippen LogP contribution in [0.15, 0.2) is 0 Å². The van der Waals surface area contributed by atoms with Crippen molar-refractivity contribution < 1.29 is 28.4 Å². The number of nitrogens with zero attached hydrogens (tertiary/aromatic N) is 3. The molecular formula is C27H46BN3O6. The van der Waals surface area contributed by atoms with E-state index < -0.39 is 41.7 Å². The molecule has 1 aromatic heterocycles. The Morgan fingerprint density at radius 3 is 2.03 bits per heavy atom. The lowest BCUT2D eigenvalue weighted by Gasteiger charge is -2.32. The van der Waals surface area contributed by atoms with E-state index in [4.69, 9.17) is 23.9 Å². The number of hydrogen-bond acceptors (Lipinski definition) is 7. The number of carbonyl (C=O) groups is 2. The summed E-state index contributed by atoms with van der Waals surface area (Å²) in [5.41, 5.74) is -0.426. The summed E-state index contributed by atoms with van der Waals surface area (Å²) in [5.74, 6) is 0.147. The fraction of sp³-hybridized carbons (Fsp3) is 0.815. The van der Waals surface area contributed by atoms with Gasteiger partial charge in [0.15, 0.2) is 0 Å². The van der Waals surface area contributed by atoms with Gasteiger partial charge in [-0.3, -0.25) is 0 Å². The standard InChI is InChI=1S/C27H46BN3O6/c1-12-13-16-30(22(32)34-24(2,3)4)17-19-20(28-36-26(8,9)27(10,11)37-28)21(18-14-15-18)31(29-19)23(33)35-25(5,6)7/h18H,12-17H2,1-11H3. The minimum Gasteiger partial charge on any atom is -0.444 e. The van der Waals surface area contributed by atoms with Crippen molar-refractivity contribution in [2.75, 3.05) is 6.54 Å². The van der Waals surface area contributed by atoms with Crippen LogP contribution in [0.3, 0.4) is 0 Å². The minimum absolute atomic E-state index is 0.147. The zero-order valence-corrected chi connectivity index (χ0v) is 24.7. The molecule has 1 saturated heterocycles. The Labute approximate surface area is 222 Å². The molecule has 0 spiro atoms. The van der Waals surface area contributed by atoms with Gasteiger partial charge in [0.2, 0.25) is 0 Å². The van der Waals surface area contributed by atoms with Gasteiger partial charge in [0, 0.05) is 17.9 Å². The van der Waals surface area contributed by atoms with E-state index in [1.54, 1.807) is 4.90 Å². The molecule has 1 aliphatic carbocycles. The van der Waals surface area contributed by atoms with Gasteiger partial charge in [0.1, 0.15) is 11.2 Å². The van der Waals surface area contributed by atoms with Crippen molar-refractivity contribution in [2.45, 2.75) is 137 Å². The highest BCUT2D eigenvalue weighted by molar-refractivity contribution is 6.63. The lowest BCUT2D eigenvalue weighted by atomic mass is 9.75. The smallest absolute Gasteiger partial charge is 0.444 e. The molecule has 37 heavy (non-hydrogen) atoms. The molecule has 2 fully saturated rings. The summed E-state index contributed by atoms with van der Waals surface area (Å²) < 4.78 is 25.7. The van der Waals surface area contributed by atoms with Crippen LogP contribution in [-0.4, -0.2) is 62.9 Å². The number of hydrogen-bond donors (Lipinski definition) is 0. The second kappa shape index (κ2) is 10.2. The van der Waals surface area contributed by atoms with E-state index in [1.807, 2.05) is 69.2 Å². The number of amides is 1. The molecule has 2 aliphatic rings. The lowest BCUT2D eigenvalue weighted by molar-refractivity contribution is 0.00578. The number of unbranched alkanes of at least 4 members (excludes halogenated alkanes) is 1. The molecule has 10 heteroatoms. The Morgan fingerprint density at radius 2 is 1.57 bits per heavy atom. The van der Waals surface area contributed by atoms with Crippen LogP contribution in [0.5, 0.6) is 0 Å². The molecule has 1 aromatic rings. The molecule has 1 aliphatic heterocycles. The summed E-state index contributed by atoms with van der Waals surface area (Å²) in [6.07, 6.45) is 2.64. The van der Waals surface area contributed by atoms with Crippen LogP contribution in [0, 0.1) is 0 Å². The van der Waals surface area contributed by atoms with E-state index in [2.05, 4.69) is 6.92 Å². The molecular weight excluding hydrogens is 473 g/mol. The van der Waals surface area contributed by atoms with Crippen LogP contribution in [0.25, 0.3) is 0 Å². The summed E-state index contributed by atoms with van der Waals surface area (Å²) in [6.45, 7) is 21.8. The van der Waals surface area contributed by atoms with Gasteiger partial charge in [-0.15, -0.1) is 0 Å². The van der Waals surface area contributed by atoms with Gasteiger partial charge in [0.05, 0.1) is 29.1 Å². The minimum atomic E-state index is -0.724. The van der Waals surface area contributed by atoms with Crippen LogP contribution >= 0.6 is 0 Å². The van der Waals surface area contributed by atoms with Crippen molar-refractivity contribution >= 4 is 24.8 Å². The first kappa shape index (κ1) is 29.5. The Kier molecular flexibility index (Phi) is 8.17. The molecule has 0 atom stereocenters. The quantitative estimate of drug-likeness (QED) is 0.447. The predicted molar refractivity (Wildman–Crippen MR) is 143 cm³/mol. The van der Waals surface area contributed by atoms with Gasteiger partial charge in [-0.2, -0.15) is 9.78 Å². The Hall–Kier alpha value is -2.07. The molecule has 2 heterocycles. The van der Waals surface area contributed by atoms with Crippen molar-refractivity contribution in [3.05, 3.63) is 11.4 Å². The molecule has 0 aromatic carbocycles. The normalized spacial score (nSPS) is 19.2. The summed E-state index contributed by atoms with van der Waals surface area (Å²) in [6, 6.07) is 0. The van der Waals surface area contributed by atoms with Crippen molar-refractivity contribution in [2.24, 2.45) is 0 Å². The zero-order valence-electron chi connectivity index (χ0n) is 24.7. The van der Waals surface area contributed by atoms with Gasteiger partial charge in [-0.1, -0.05) is 13.3 Å². The number of rotatable bonds is 7. The SMILES string of the molecule is CCCCN(Cc1nn(C(=O)OC(C)(C)C)c(C2CC2)c1B1OC(C)(C)C(C)(C)O1)C(=O)OC(C)(C)C. The van der Waals surface area contributed by atoms with Gasteiger partial charge in [-0.05, 0) is 88.5 Å². The molecule has 3 rings (SSSR count). The number of ether oxygens (including phenoxy) is 2. The molecule has 0 radical (unpaired) electrons. The van der Waals surface area contributed by atoms with E-state index in [0.29, 0.717) is 12.2 Å². The maximum absolute atomic E-state index is 13.3.